The first-order valence-corrected chi connectivity index (χ1v) is 10.9. The van der Waals surface area contributed by atoms with Gasteiger partial charge in [-0.25, -0.2) is 0 Å². The Kier molecular flexibility index (Phi) is 6.67. The van der Waals surface area contributed by atoms with Gasteiger partial charge in [0, 0.05) is 57.2 Å². The molecule has 29 heavy (non-hydrogen) atoms. The van der Waals surface area contributed by atoms with Crippen LogP contribution in [0, 0.1) is 0 Å². The summed E-state index contributed by atoms with van der Waals surface area (Å²) in [5, 5.41) is 3.30. The van der Waals surface area contributed by atoms with Crippen LogP contribution in [0.5, 0.6) is 0 Å². The molecule has 0 bridgehead atoms. The summed E-state index contributed by atoms with van der Waals surface area (Å²) < 4.78 is 0. The molecule has 4 rings (SSSR count). The lowest BCUT2D eigenvalue weighted by atomic mass is 10.1. The zero-order chi connectivity index (χ0) is 19.9. The van der Waals surface area contributed by atoms with Gasteiger partial charge in [0.25, 0.3) is 0 Å². The number of hydrogen-bond donors (Lipinski definition) is 1. The Bertz CT molecular complexity index is 763. The Labute approximate surface area is 174 Å². The molecule has 0 unspecified atom stereocenters. The molecule has 1 N–H and O–H groups in total. The van der Waals surface area contributed by atoms with Crippen LogP contribution in [0.4, 0.5) is 11.4 Å². The minimum atomic E-state index is 0.185. The van der Waals surface area contributed by atoms with Crippen molar-refractivity contribution in [2.45, 2.75) is 25.8 Å². The van der Waals surface area contributed by atoms with E-state index >= 15 is 0 Å². The predicted octanol–water partition coefficient (Wildman–Crippen LogP) is 3.43. The Balaban J connectivity index is 1.20. The Morgan fingerprint density at radius 2 is 1.48 bits per heavy atom. The molecule has 0 radical (unpaired) electrons. The molecular formula is C24H32N4O. The van der Waals surface area contributed by atoms with Crippen LogP contribution < -0.4 is 10.2 Å². The van der Waals surface area contributed by atoms with Gasteiger partial charge in [-0.1, -0.05) is 30.3 Å². The molecule has 0 saturated carbocycles. The SMILES string of the molecule is O=C(CNc1ccc(N2CCCCC2)cc1)N1CCN(Cc2ccccc2)CC1. The van der Waals surface area contributed by atoms with E-state index in [1.54, 1.807) is 0 Å². The third-order valence-corrected chi connectivity index (χ3v) is 6.01. The maximum Gasteiger partial charge on any atom is 0.241 e. The molecule has 0 spiro atoms. The van der Waals surface area contributed by atoms with Crippen LogP contribution in [0.2, 0.25) is 0 Å². The second-order valence-corrected chi connectivity index (χ2v) is 8.09. The van der Waals surface area contributed by atoms with E-state index in [0.29, 0.717) is 6.54 Å². The molecule has 2 heterocycles. The normalized spacial score (nSPS) is 17.9. The van der Waals surface area contributed by atoms with Gasteiger partial charge >= 0.3 is 0 Å². The predicted molar refractivity (Wildman–Crippen MR) is 119 cm³/mol. The number of benzene rings is 2. The number of amides is 1. The number of hydrogen-bond acceptors (Lipinski definition) is 4. The van der Waals surface area contributed by atoms with Crippen molar-refractivity contribution in [1.82, 2.24) is 9.80 Å². The lowest BCUT2D eigenvalue weighted by Crippen LogP contribution is -2.49. The minimum Gasteiger partial charge on any atom is -0.376 e. The molecule has 2 aliphatic heterocycles. The fourth-order valence-electron chi connectivity index (χ4n) is 4.23. The number of piperazine rings is 1. The van der Waals surface area contributed by atoms with Crippen LogP contribution in [-0.4, -0.2) is 61.5 Å². The number of nitrogens with one attached hydrogen (secondary N) is 1. The number of anilines is 2. The van der Waals surface area contributed by atoms with Crippen LogP contribution in [0.3, 0.4) is 0 Å². The van der Waals surface area contributed by atoms with Crippen molar-refractivity contribution < 1.29 is 4.79 Å². The van der Waals surface area contributed by atoms with E-state index in [1.807, 2.05) is 11.0 Å². The highest BCUT2D eigenvalue weighted by Crippen LogP contribution is 2.21. The van der Waals surface area contributed by atoms with Crippen molar-refractivity contribution in [3.63, 3.8) is 0 Å². The van der Waals surface area contributed by atoms with Gasteiger partial charge in [-0.2, -0.15) is 0 Å². The zero-order valence-electron chi connectivity index (χ0n) is 17.2. The number of carbonyl (C=O) groups is 1. The van der Waals surface area contributed by atoms with Gasteiger partial charge in [0.05, 0.1) is 6.54 Å². The topological polar surface area (TPSA) is 38.8 Å². The van der Waals surface area contributed by atoms with Crippen LogP contribution >= 0.6 is 0 Å². The Hall–Kier alpha value is -2.53. The molecule has 2 aromatic rings. The molecule has 154 valence electrons. The number of rotatable bonds is 6. The fourth-order valence-corrected chi connectivity index (χ4v) is 4.23. The smallest absolute Gasteiger partial charge is 0.241 e. The van der Waals surface area contributed by atoms with Crippen LogP contribution in [-0.2, 0) is 11.3 Å². The molecule has 5 nitrogen and oxygen atoms in total. The van der Waals surface area contributed by atoms with Gasteiger partial charge in [0.1, 0.15) is 0 Å². The number of carbonyl (C=O) groups excluding carboxylic acids is 1. The Morgan fingerprint density at radius 3 is 2.17 bits per heavy atom. The molecule has 0 aliphatic carbocycles. The van der Waals surface area contributed by atoms with Crippen LogP contribution in [0.15, 0.2) is 54.6 Å². The van der Waals surface area contributed by atoms with Crippen molar-refractivity contribution in [2.75, 3.05) is 56.0 Å². The van der Waals surface area contributed by atoms with Crippen molar-refractivity contribution >= 4 is 17.3 Å². The average molecular weight is 393 g/mol. The monoisotopic (exact) mass is 392 g/mol. The standard InChI is InChI=1S/C24H32N4O/c29-24(28-17-15-26(16-18-28)20-21-7-3-1-4-8-21)19-25-22-9-11-23(12-10-22)27-13-5-2-6-14-27/h1,3-4,7-12,25H,2,5-6,13-20H2. The molecular weight excluding hydrogens is 360 g/mol. The lowest BCUT2D eigenvalue weighted by molar-refractivity contribution is -0.131. The van der Waals surface area contributed by atoms with E-state index in [-0.39, 0.29) is 5.91 Å². The summed E-state index contributed by atoms with van der Waals surface area (Å²) in [6, 6.07) is 19.1. The zero-order valence-corrected chi connectivity index (χ0v) is 17.2. The fraction of sp³-hybridized carbons (Fsp3) is 0.458. The number of nitrogens with zero attached hydrogens (tertiary/aromatic N) is 3. The molecule has 0 atom stereocenters. The summed E-state index contributed by atoms with van der Waals surface area (Å²) in [7, 11) is 0. The highest BCUT2D eigenvalue weighted by atomic mass is 16.2. The highest BCUT2D eigenvalue weighted by Gasteiger charge is 2.20. The van der Waals surface area contributed by atoms with Gasteiger partial charge in [-0.05, 0) is 49.1 Å². The molecule has 5 heteroatoms. The largest absolute Gasteiger partial charge is 0.376 e. The quantitative estimate of drug-likeness (QED) is 0.817. The third-order valence-electron chi connectivity index (χ3n) is 6.01. The van der Waals surface area contributed by atoms with E-state index in [0.717, 1.165) is 51.5 Å². The van der Waals surface area contributed by atoms with Crippen molar-refractivity contribution in [3.05, 3.63) is 60.2 Å². The van der Waals surface area contributed by atoms with Gasteiger partial charge < -0.3 is 15.1 Å². The molecule has 0 aromatic heterocycles. The summed E-state index contributed by atoms with van der Waals surface area (Å²) in [5.41, 5.74) is 3.64. The van der Waals surface area contributed by atoms with Gasteiger partial charge in [-0.15, -0.1) is 0 Å². The first-order chi connectivity index (χ1) is 14.3. The summed E-state index contributed by atoms with van der Waals surface area (Å²) in [6.07, 6.45) is 3.92. The summed E-state index contributed by atoms with van der Waals surface area (Å²) >= 11 is 0. The van der Waals surface area contributed by atoms with Gasteiger partial charge in [-0.3, -0.25) is 9.69 Å². The summed E-state index contributed by atoms with van der Waals surface area (Å²) in [6.45, 7) is 7.12. The summed E-state index contributed by atoms with van der Waals surface area (Å²) in [5.74, 6) is 0.185. The second kappa shape index (κ2) is 9.79. The van der Waals surface area contributed by atoms with Gasteiger partial charge in [0.2, 0.25) is 5.91 Å². The molecule has 2 aromatic carbocycles. The van der Waals surface area contributed by atoms with E-state index in [2.05, 4.69) is 63.6 Å². The third kappa shape index (κ3) is 5.51. The van der Waals surface area contributed by atoms with Crippen LogP contribution in [0.25, 0.3) is 0 Å². The second-order valence-electron chi connectivity index (χ2n) is 8.09. The van der Waals surface area contributed by atoms with E-state index in [9.17, 15) is 4.79 Å². The van der Waals surface area contributed by atoms with Gasteiger partial charge in [0.15, 0.2) is 0 Å². The Morgan fingerprint density at radius 1 is 0.793 bits per heavy atom. The minimum absolute atomic E-state index is 0.185. The summed E-state index contributed by atoms with van der Waals surface area (Å²) in [4.78, 5) is 19.4. The molecule has 2 saturated heterocycles. The molecule has 1 amide bonds. The lowest BCUT2D eigenvalue weighted by Gasteiger charge is -2.35. The molecule has 2 aliphatic rings. The highest BCUT2D eigenvalue weighted by molar-refractivity contribution is 5.81. The van der Waals surface area contributed by atoms with E-state index in [1.165, 1.54) is 30.5 Å². The molecule has 2 fully saturated rings. The van der Waals surface area contributed by atoms with Crippen molar-refractivity contribution in [3.8, 4) is 0 Å². The van der Waals surface area contributed by atoms with Crippen LogP contribution in [0.1, 0.15) is 24.8 Å². The maximum atomic E-state index is 12.6. The van der Waals surface area contributed by atoms with Crippen molar-refractivity contribution in [1.29, 1.82) is 0 Å². The first kappa shape index (κ1) is 19.8. The number of piperidine rings is 1. The van der Waals surface area contributed by atoms with E-state index < -0.39 is 0 Å². The average Bonchev–Trinajstić information content (AvgIpc) is 2.80. The first-order valence-electron chi connectivity index (χ1n) is 10.9. The maximum absolute atomic E-state index is 12.6. The van der Waals surface area contributed by atoms with E-state index in [4.69, 9.17) is 0 Å². The van der Waals surface area contributed by atoms with Crippen molar-refractivity contribution in [2.24, 2.45) is 0 Å².